The van der Waals surface area contributed by atoms with E-state index in [1.807, 2.05) is 0 Å². The predicted octanol–water partition coefficient (Wildman–Crippen LogP) is 1.54. The summed E-state index contributed by atoms with van der Waals surface area (Å²) < 4.78 is 75.2. The molecule has 0 aromatic carbocycles. The molecule has 0 aliphatic carbocycles. The third kappa shape index (κ3) is 2.84. The van der Waals surface area contributed by atoms with Crippen LogP contribution in [0.4, 0.5) is 5.82 Å². The van der Waals surface area contributed by atoms with Crippen LogP contribution in [-0.2, 0) is 4.79 Å². The lowest BCUT2D eigenvalue weighted by Crippen LogP contribution is -2.52. The number of carbonyl (C=O) groups excluding carboxylic acids is 1. The molecule has 1 fully saturated rings. The molecule has 0 bridgehead atoms. The smallest absolute Gasteiger partial charge is 0.236 e. The molecule has 7 nitrogen and oxygen atoms in total. The molecule has 1 saturated heterocycles. The Labute approximate surface area is 147 Å². The number of nitrogens with one attached hydrogen (secondary N) is 1. The normalized spacial score (nSPS) is 36.7. The quantitative estimate of drug-likeness (QED) is 0.926. The van der Waals surface area contributed by atoms with Crippen molar-refractivity contribution in [2.75, 3.05) is 24.9 Å². The van der Waals surface area contributed by atoms with E-state index in [1.54, 1.807) is 0 Å². The standard InChI is InChI=1S/C16H20N6O/c1-11-5-8-22(14(23)3-6-17)9-13(11)21(2)16-12-4-7-18-15(12)19-10-20-16/h4,7,10-11,13H,3,5,8-9H2,1-2H3,(H,18,19,20)/t11-,13+/m1/s1/i4D,5D2,8D2,9D2,10D,11D. The lowest BCUT2D eigenvalue weighted by atomic mass is 9.92. The van der Waals surface area contributed by atoms with Gasteiger partial charge in [-0.05, 0) is 18.3 Å². The number of hydrogen-bond acceptors (Lipinski definition) is 5. The molecule has 2 aromatic heterocycles. The summed E-state index contributed by atoms with van der Waals surface area (Å²) in [5, 5.41) is 8.99. The van der Waals surface area contributed by atoms with E-state index in [-0.39, 0.29) is 27.8 Å². The van der Waals surface area contributed by atoms with Gasteiger partial charge in [0.05, 0.1) is 21.6 Å². The molecule has 0 spiro atoms. The molecule has 1 N–H and O–H groups in total. The first kappa shape index (κ1) is 7.77. The minimum atomic E-state index is -3.27. The second-order valence-electron chi connectivity index (χ2n) is 4.93. The zero-order valence-electron chi connectivity index (χ0n) is 21.5. The van der Waals surface area contributed by atoms with Gasteiger partial charge in [0.15, 0.2) is 0 Å². The van der Waals surface area contributed by atoms with Gasteiger partial charge >= 0.3 is 0 Å². The lowest BCUT2D eigenvalue weighted by Gasteiger charge is -2.42. The molecule has 7 heteroatoms. The van der Waals surface area contributed by atoms with E-state index >= 15 is 0 Å². The maximum atomic E-state index is 12.6. The van der Waals surface area contributed by atoms with E-state index < -0.39 is 49.9 Å². The molecule has 1 amide bonds. The highest BCUT2D eigenvalue weighted by Gasteiger charge is 2.32. The van der Waals surface area contributed by atoms with Crippen molar-refractivity contribution in [1.29, 1.82) is 5.26 Å². The predicted molar refractivity (Wildman–Crippen MR) is 86.7 cm³/mol. The van der Waals surface area contributed by atoms with Crippen molar-refractivity contribution in [3.63, 3.8) is 0 Å². The van der Waals surface area contributed by atoms with Gasteiger partial charge in [-0.3, -0.25) is 4.79 Å². The Balaban J connectivity index is 2.30. The summed E-state index contributed by atoms with van der Waals surface area (Å²) in [7, 11) is 1.26. The number of H-pyrrole nitrogens is 1. The lowest BCUT2D eigenvalue weighted by molar-refractivity contribution is -0.131. The zero-order chi connectivity index (χ0) is 24.4. The molecule has 23 heavy (non-hydrogen) atoms. The number of carbonyl (C=O) groups is 1. The summed E-state index contributed by atoms with van der Waals surface area (Å²) in [5.41, 5.74) is 0.0932. The number of amides is 1. The minimum Gasteiger partial charge on any atom is -0.354 e. The van der Waals surface area contributed by atoms with Crippen LogP contribution in [-0.4, -0.2) is 51.8 Å². The summed E-state index contributed by atoms with van der Waals surface area (Å²) >= 11 is 0. The van der Waals surface area contributed by atoms with Crippen LogP contribution in [0.2, 0.25) is 0 Å². The van der Waals surface area contributed by atoms with Gasteiger partial charge in [0.1, 0.15) is 25.6 Å². The van der Waals surface area contributed by atoms with Gasteiger partial charge in [-0.2, -0.15) is 5.26 Å². The van der Waals surface area contributed by atoms with Crippen molar-refractivity contribution in [3.05, 3.63) is 18.5 Å². The van der Waals surface area contributed by atoms with Gasteiger partial charge in [0, 0.05) is 33.1 Å². The van der Waals surface area contributed by atoms with Gasteiger partial charge in [-0.15, -0.1) is 0 Å². The monoisotopic (exact) mass is 321 g/mol. The maximum absolute atomic E-state index is 12.6. The van der Waals surface area contributed by atoms with Crippen molar-refractivity contribution in [2.45, 2.75) is 25.8 Å². The number of aromatic nitrogens is 3. The number of hydrogen-bond donors (Lipinski definition) is 1. The first-order valence-corrected chi connectivity index (χ1v) is 6.78. The number of rotatable bonds is 3. The molecule has 2 atom stereocenters. The van der Waals surface area contributed by atoms with Crippen molar-refractivity contribution >= 4 is 22.8 Å². The summed E-state index contributed by atoms with van der Waals surface area (Å²) in [6.07, 6.45) is -3.22. The Morgan fingerprint density at radius 2 is 2.57 bits per heavy atom. The molecule has 120 valence electrons. The van der Waals surface area contributed by atoms with Crippen molar-refractivity contribution in [2.24, 2.45) is 5.89 Å². The first-order valence-electron chi connectivity index (χ1n) is 11.3. The molecule has 3 rings (SSSR count). The third-order valence-corrected chi connectivity index (χ3v) is 3.43. The van der Waals surface area contributed by atoms with Crippen LogP contribution >= 0.6 is 0 Å². The molecule has 0 radical (unpaired) electrons. The number of anilines is 1. The number of likely N-dealkylation sites (tertiary alicyclic amines) is 1. The largest absolute Gasteiger partial charge is 0.354 e. The molecular formula is C16H20N6O. The summed E-state index contributed by atoms with van der Waals surface area (Å²) in [4.78, 5) is 24.2. The van der Waals surface area contributed by atoms with Crippen LogP contribution in [0.15, 0.2) is 18.5 Å². The number of likely N-dealkylation sites (N-methyl/N-ethyl adjacent to an activating group) is 1. The molecule has 3 heterocycles. The summed E-state index contributed by atoms with van der Waals surface area (Å²) in [6, 6.07) is -0.437. The van der Waals surface area contributed by atoms with E-state index in [2.05, 4.69) is 15.0 Å². The highest BCUT2D eigenvalue weighted by atomic mass is 16.2. The van der Waals surface area contributed by atoms with Crippen LogP contribution in [0.25, 0.3) is 11.0 Å². The Morgan fingerprint density at radius 1 is 1.74 bits per heavy atom. The molecule has 0 unspecified atom stereocenters. The van der Waals surface area contributed by atoms with E-state index in [9.17, 15) is 4.79 Å². The SMILES string of the molecule is [2H]c1nc(N(C)[C@H]2C([2H])([2H])N(C(=O)CC#N)C([2H])([2H])C([2H])([2H])[C@@]2([2H])C)c2c([2H])c[nH]c2n1. The number of nitrogens with zero attached hydrogens (tertiary/aromatic N) is 5. The molecule has 1 aliphatic heterocycles. The van der Waals surface area contributed by atoms with Gasteiger partial charge in [-0.25, -0.2) is 9.97 Å². The number of piperidine rings is 1. The molecule has 1 aliphatic rings. The fourth-order valence-electron chi connectivity index (χ4n) is 2.25. The van der Waals surface area contributed by atoms with Crippen molar-refractivity contribution in [3.8, 4) is 6.07 Å². The van der Waals surface area contributed by atoms with Gasteiger partial charge in [0.25, 0.3) is 0 Å². The summed E-state index contributed by atoms with van der Waals surface area (Å²) in [6.45, 7) is -5.25. The summed E-state index contributed by atoms with van der Waals surface area (Å²) in [5.74, 6) is -3.95. The van der Waals surface area contributed by atoms with E-state index in [1.165, 1.54) is 19.3 Å². The first-order chi connectivity index (χ1) is 14.5. The topological polar surface area (TPSA) is 88.9 Å². The highest BCUT2D eigenvalue weighted by Crippen LogP contribution is 2.28. The second-order valence-corrected chi connectivity index (χ2v) is 4.93. The Bertz CT molecular complexity index is 1130. The zero-order valence-corrected chi connectivity index (χ0v) is 12.5. The fraction of sp³-hybridized carbons (Fsp3) is 0.500. The molecular weight excluding hydrogens is 292 g/mol. The van der Waals surface area contributed by atoms with Crippen LogP contribution in [0.3, 0.4) is 0 Å². The average Bonchev–Trinajstić information content (AvgIpc) is 2.99. The van der Waals surface area contributed by atoms with E-state index in [4.69, 9.17) is 17.6 Å². The van der Waals surface area contributed by atoms with Crippen molar-refractivity contribution < 1.29 is 17.1 Å². The van der Waals surface area contributed by atoms with E-state index in [0.717, 1.165) is 11.8 Å². The van der Waals surface area contributed by atoms with Gasteiger partial charge in [0.2, 0.25) is 5.91 Å². The highest BCUT2D eigenvalue weighted by molar-refractivity contribution is 5.87. The van der Waals surface area contributed by atoms with E-state index in [0.29, 0.717) is 0 Å². The molecule has 0 saturated carbocycles. The third-order valence-electron chi connectivity index (χ3n) is 3.43. The minimum absolute atomic E-state index is 0.0411. The number of aromatic amines is 1. The van der Waals surface area contributed by atoms with Crippen LogP contribution in [0.1, 0.15) is 32.1 Å². The van der Waals surface area contributed by atoms with Gasteiger partial charge in [-0.1, -0.05) is 6.92 Å². The van der Waals surface area contributed by atoms with Crippen molar-refractivity contribution in [1.82, 2.24) is 19.9 Å². The maximum Gasteiger partial charge on any atom is 0.236 e. The van der Waals surface area contributed by atoms with Crippen LogP contribution in [0, 0.1) is 17.2 Å². The Hall–Kier alpha value is -2.62. The second kappa shape index (κ2) is 6.24. The van der Waals surface area contributed by atoms with Crippen LogP contribution in [0.5, 0.6) is 0 Å². The number of fused-ring (bicyclic) bond motifs is 1. The number of nitriles is 1. The molecule has 2 aromatic rings. The van der Waals surface area contributed by atoms with Crippen LogP contribution < -0.4 is 4.90 Å². The van der Waals surface area contributed by atoms with Gasteiger partial charge < -0.3 is 14.8 Å². The fourth-order valence-corrected chi connectivity index (χ4v) is 2.25. The average molecular weight is 321 g/mol. The Morgan fingerprint density at radius 3 is 3.35 bits per heavy atom. The Kier molecular flexibility index (Phi) is 2.11.